The van der Waals surface area contributed by atoms with E-state index in [0.717, 1.165) is 40.9 Å². The van der Waals surface area contributed by atoms with Gasteiger partial charge in [0.2, 0.25) is 5.95 Å². The molecule has 160 valence electrons. The van der Waals surface area contributed by atoms with Gasteiger partial charge < -0.3 is 15.6 Å². The summed E-state index contributed by atoms with van der Waals surface area (Å²) in [5, 5.41) is 10.3. The molecule has 11 heteroatoms. The Kier molecular flexibility index (Phi) is 5.43. The first-order chi connectivity index (χ1) is 15.8. The van der Waals surface area contributed by atoms with Crippen molar-refractivity contribution >= 4 is 50.5 Å². The van der Waals surface area contributed by atoms with Crippen molar-refractivity contribution in [1.82, 2.24) is 29.9 Å². The molecule has 0 saturated carbocycles. The molecule has 4 aromatic rings. The quantitative estimate of drug-likeness (QED) is 0.431. The average Bonchev–Trinajstić information content (AvgIpc) is 3.58. The Bertz CT molecular complexity index is 1350. The van der Waals surface area contributed by atoms with Gasteiger partial charge in [0.05, 0.1) is 35.9 Å². The minimum Gasteiger partial charge on any atom is -0.404 e. The van der Waals surface area contributed by atoms with Gasteiger partial charge in [0, 0.05) is 48.6 Å². The van der Waals surface area contributed by atoms with E-state index in [9.17, 15) is 5.26 Å². The van der Waals surface area contributed by atoms with Crippen LogP contribution in [0.3, 0.4) is 0 Å². The predicted molar refractivity (Wildman–Crippen MR) is 124 cm³/mol. The number of aromatic nitrogens is 6. The molecule has 1 saturated heterocycles. The molecule has 0 radical (unpaired) electrons. The Balaban J connectivity index is 1.34. The highest BCUT2D eigenvalue weighted by Gasteiger charge is 2.30. The third-order valence-corrected chi connectivity index (χ3v) is 6.38. The highest BCUT2D eigenvalue weighted by atomic mass is 32.1. The molecule has 1 fully saturated rings. The molecule has 0 amide bonds. The van der Waals surface area contributed by atoms with Crippen LogP contribution in [-0.2, 0) is 0 Å². The zero-order valence-electron chi connectivity index (χ0n) is 17.1. The minimum absolute atomic E-state index is 0.157. The lowest BCUT2D eigenvalue weighted by Gasteiger charge is -2.19. The number of rotatable bonds is 6. The molecular weight excluding hydrogens is 424 g/mol. The molecule has 1 aliphatic rings. The number of nitriles is 1. The van der Waals surface area contributed by atoms with E-state index in [1.165, 1.54) is 23.9 Å². The second-order valence-corrected chi connectivity index (χ2v) is 8.33. The first-order valence-electron chi connectivity index (χ1n) is 10.2. The van der Waals surface area contributed by atoms with E-state index in [-0.39, 0.29) is 12.0 Å². The summed E-state index contributed by atoms with van der Waals surface area (Å²) in [7, 11) is 0. The highest BCUT2D eigenvalue weighted by Crippen LogP contribution is 2.28. The number of H-pyrrole nitrogens is 1. The SMILES string of the molecule is N#CC[C@H](N=CC(=CN)c1ncnc2[nH]ccc12)[C@H]1CCN(c2ncc3ncsc3n2)C1. The van der Waals surface area contributed by atoms with Crippen LogP contribution in [0.1, 0.15) is 18.5 Å². The topological polar surface area (TPSA) is 146 Å². The Labute approximate surface area is 187 Å². The maximum absolute atomic E-state index is 9.40. The highest BCUT2D eigenvalue weighted by molar-refractivity contribution is 7.16. The Morgan fingerprint density at radius 3 is 3.22 bits per heavy atom. The summed E-state index contributed by atoms with van der Waals surface area (Å²) in [4.78, 5) is 32.8. The van der Waals surface area contributed by atoms with Gasteiger partial charge in [-0.15, -0.1) is 11.3 Å². The van der Waals surface area contributed by atoms with E-state index in [4.69, 9.17) is 10.7 Å². The Morgan fingerprint density at radius 1 is 1.41 bits per heavy atom. The van der Waals surface area contributed by atoms with Crippen molar-refractivity contribution in [2.75, 3.05) is 18.0 Å². The van der Waals surface area contributed by atoms with Crippen LogP contribution < -0.4 is 10.6 Å². The van der Waals surface area contributed by atoms with E-state index in [1.54, 1.807) is 17.9 Å². The van der Waals surface area contributed by atoms with Gasteiger partial charge in [-0.25, -0.2) is 24.9 Å². The van der Waals surface area contributed by atoms with E-state index in [2.05, 4.69) is 40.9 Å². The van der Waals surface area contributed by atoms with Gasteiger partial charge in [0.15, 0.2) is 0 Å². The first kappa shape index (κ1) is 20.0. The van der Waals surface area contributed by atoms with Crippen molar-refractivity contribution in [3.05, 3.63) is 42.2 Å². The summed E-state index contributed by atoms with van der Waals surface area (Å²) in [6, 6.07) is 4.03. The van der Waals surface area contributed by atoms with Crippen LogP contribution in [0.2, 0.25) is 0 Å². The molecule has 5 heterocycles. The molecule has 3 N–H and O–H groups in total. The van der Waals surface area contributed by atoms with E-state index < -0.39 is 0 Å². The summed E-state index contributed by atoms with van der Waals surface area (Å²) in [5.74, 6) is 0.908. The second kappa shape index (κ2) is 8.68. The fourth-order valence-electron chi connectivity index (χ4n) is 3.99. The lowest BCUT2D eigenvalue weighted by Crippen LogP contribution is -2.26. The molecule has 5 rings (SSSR count). The maximum Gasteiger partial charge on any atom is 0.226 e. The molecule has 0 aliphatic carbocycles. The van der Waals surface area contributed by atoms with Crippen LogP contribution in [0.15, 0.2) is 41.5 Å². The lowest BCUT2D eigenvalue weighted by molar-refractivity contribution is 0.468. The van der Waals surface area contributed by atoms with Gasteiger partial charge in [0.1, 0.15) is 22.3 Å². The van der Waals surface area contributed by atoms with Crippen LogP contribution in [0.25, 0.3) is 27.0 Å². The number of allylic oxidation sites excluding steroid dienone is 1. The molecule has 0 unspecified atom stereocenters. The van der Waals surface area contributed by atoms with Crippen LogP contribution in [-0.4, -0.2) is 55.2 Å². The number of nitrogens with zero attached hydrogens (tertiary/aromatic N) is 8. The summed E-state index contributed by atoms with van der Waals surface area (Å²) in [6.45, 7) is 1.56. The minimum atomic E-state index is -0.157. The maximum atomic E-state index is 9.40. The average molecular weight is 445 g/mol. The first-order valence-corrected chi connectivity index (χ1v) is 11.1. The number of aromatic amines is 1. The lowest BCUT2D eigenvalue weighted by atomic mass is 9.97. The summed E-state index contributed by atoms with van der Waals surface area (Å²) in [6.07, 6.45) is 9.50. The van der Waals surface area contributed by atoms with Crippen LogP contribution in [0.5, 0.6) is 0 Å². The zero-order chi connectivity index (χ0) is 21.9. The van der Waals surface area contributed by atoms with Gasteiger partial charge in [-0.1, -0.05) is 0 Å². The van der Waals surface area contributed by atoms with E-state index >= 15 is 0 Å². The fourth-order valence-corrected chi connectivity index (χ4v) is 4.62. The number of aliphatic imine (C=N–C) groups is 1. The summed E-state index contributed by atoms with van der Waals surface area (Å²) in [5.41, 5.74) is 10.6. The van der Waals surface area contributed by atoms with Crippen LogP contribution in [0, 0.1) is 17.2 Å². The van der Waals surface area contributed by atoms with Crippen molar-refractivity contribution in [2.24, 2.45) is 16.6 Å². The van der Waals surface area contributed by atoms with Crippen LogP contribution >= 0.6 is 11.3 Å². The molecule has 2 atom stereocenters. The molecule has 4 aromatic heterocycles. The third-order valence-electron chi connectivity index (χ3n) is 5.64. The monoisotopic (exact) mass is 444 g/mol. The van der Waals surface area contributed by atoms with Crippen LogP contribution in [0.4, 0.5) is 5.95 Å². The van der Waals surface area contributed by atoms with Gasteiger partial charge in [0.25, 0.3) is 0 Å². The van der Waals surface area contributed by atoms with Crippen molar-refractivity contribution in [1.29, 1.82) is 5.26 Å². The molecule has 32 heavy (non-hydrogen) atoms. The van der Waals surface area contributed by atoms with Crippen molar-refractivity contribution in [3.8, 4) is 6.07 Å². The molecule has 1 aliphatic heterocycles. The van der Waals surface area contributed by atoms with Crippen molar-refractivity contribution < 1.29 is 0 Å². The number of anilines is 1. The number of nitrogens with one attached hydrogen (secondary N) is 1. The van der Waals surface area contributed by atoms with E-state index in [0.29, 0.717) is 23.6 Å². The number of hydrogen-bond donors (Lipinski definition) is 2. The third kappa shape index (κ3) is 3.76. The Hall–Kier alpha value is -3.91. The van der Waals surface area contributed by atoms with Crippen molar-refractivity contribution in [3.63, 3.8) is 0 Å². The van der Waals surface area contributed by atoms with Gasteiger partial charge in [-0.3, -0.25) is 4.99 Å². The second-order valence-electron chi connectivity index (χ2n) is 7.50. The normalized spacial score (nSPS) is 18.0. The molecule has 0 aromatic carbocycles. The predicted octanol–water partition coefficient (Wildman–Crippen LogP) is 2.54. The number of nitrogens with two attached hydrogens (primary N) is 1. The number of thiazole rings is 1. The summed E-state index contributed by atoms with van der Waals surface area (Å²) >= 11 is 1.50. The molecule has 0 bridgehead atoms. The van der Waals surface area contributed by atoms with Gasteiger partial charge in [-0.2, -0.15) is 5.26 Å². The number of fused-ring (bicyclic) bond motifs is 2. The standard InChI is InChI=1S/C21H20N10S/c22-4-1-16(25-8-14(7-23)18-15-2-5-24-19(15)28-11-27-18)13-3-6-31(10-13)21-26-9-17-20(30-21)32-12-29-17/h2,5,7-9,11-13,16H,1,3,6,10,23H2,(H,24,27,28)/t13-,16-/m0/s1. The van der Waals surface area contributed by atoms with Gasteiger partial charge in [-0.05, 0) is 12.5 Å². The van der Waals surface area contributed by atoms with Crippen molar-refractivity contribution in [2.45, 2.75) is 18.9 Å². The molecular formula is C21H20N10S. The largest absolute Gasteiger partial charge is 0.404 e. The molecule has 0 spiro atoms. The number of hydrogen-bond acceptors (Lipinski definition) is 10. The smallest absolute Gasteiger partial charge is 0.226 e. The van der Waals surface area contributed by atoms with Gasteiger partial charge >= 0.3 is 0 Å². The fraction of sp³-hybridized carbons (Fsp3) is 0.286. The van der Waals surface area contributed by atoms with E-state index in [1.807, 2.05) is 12.3 Å². The zero-order valence-corrected chi connectivity index (χ0v) is 17.9. The Morgan fingerprint density at radius 2 is 2.34 bits per heavy atom. The summed E-state index contributed by atoms with van der Waals surface area (Å²) < 4.78 is 0. The molecule has 10 nitrogen and oxygen atoms in total.